The van der Waals surface area contributed by atoms with E-state index in [4.69, 9.17) is 14.8 Å². The van der Waals surface area contributed by atoms with Crippen LogP contribution in [0.5, 0.6) is 11.5 Å². The van der Waals surface area contributed by atoms with Gasteiger partial charge in [0.2, 0.25) is 0 Å². The average molecular weight is 779 g/mol. The molecule has 6 heteroatoms. The Balaban J connectivity index is 0.00000464. The first kappa shape index (κ1) is 37.3. The first-order chi connectivity index (χ1) is 24.5. The number of hydrogen-bond acceptors (Lipinski definition) is 3. The van der Waals surface area contributed by atoms with E-state index in [1.807, 2.05) is 12.3 Å². The molecule has 0 unspecified atom stereocenters. The van der Waals surface area contributed by atoms with Gasteiger partial charge < -0.3 is 9.30 Å². The number of aryl methyl sites for hydroxylation is 5. The number of rotatable bonds is 10. The molecule has 5 nitrogen and oxygen atoms in total. The first-order valence-electron chi connectivity index (χ1n) is 18.3. The van der Waals surface area contributed by atoms with Crippen LogP contribution in [0, 0.1) is 45.7 Å². The number of aromatic nitrogens is 4. The number of nitrogens with zero attached hydrogens (tertiary/aromatic N) is 4. The number of hydrogen-bond donors (Lipinski definition) is 0. The molecule has 3 heterocycles. The summed E-state index contributed by atoms with van der Waals surface area (Å²) in [5.41, 5.74) is 13.9. The van der Waals surface area contributed by atoms with E-state index in [9.17, 15) is 0 Å². The molecule has 0 radical (unpaired) electrons. The van der Waals surface area contributed by atoms with Crippen molar-refractivity contribution in [2.75, 3.05) is 0 Å². The Labute approximate surface area is 322 Å². The zero-order valence-electron chi connectivity index (χ0n) is 31.8. The van der Waals surface area contributed by atoms with E-state index in [0.717, 1.165) is 58.3 Å². The van der Waals surface area contributed by atoms with E-state index < -0.39 is 0 Å². The normalized spacial score (nSPS) is 11.6. The third-order valence-electron chi connectivity index (χ3n) is 10.0. The Kier molecular flexibility index (Phi) is 10.9. The van der Waals surface area contributed by atoms with E-state index >= 15 is 0 Å². The van der Waals surface area contributed by atoms with Gasteiger partial charge in [-0.2, -0.15) is 11.2 Å². The van der Waals surface area contributed by atoms with Gasteiger partial charge >= 0.3 is 20.4 Å². The number of benzene rings is 4. The van der Waals surface area contributed by atoms with Gasteiger partial charge in [-0.05, 0) is 110 Å². The minimum atomic E-state index is 0. The maximum atomic E-state index is 6.70. The van der Waals surface area contributed by atoms with Gasteiger partial charge in [0.25, 0.3) is 0 Å². The molecular weight excluding hydrogens is 731 g/mol. The van der Waals surface area contributed by atoms with Crippen molar-refractivity contribution in [2.45, 2.75) is 87.5 Å². The molecule has 0 saturated heterocycles. The standard InChI is InChI=1S/C46H48N4O.Pd/c1-10-34-19-20-47-44(23-34)49-41-14-12-11-13-39(41)40-17-16-37(27-43(40)49)51-38-25-35(29(4)5)24-36(26-38)50-42(18-15-28(2)3)46(33(9)48-50)45-31(7)21-30(6)22-32(45)8;/h11-14,16-17,19-25,28-29H,10,15,18H2,1-9H3;/q-2;+2. The van der Waals surface area contributed by atoms with Crippen LogP contribution in [0.3, 0.4) is 0 Å². The molecule has 0 bridgehead atoms. The summed E-state index contributed by atoms with van der Waals surface area (Å²) in [6.45, 7) is 19.9. The topological polar surface area (TPSA) is 44.9 Å². The summed E-state index contributed by atoms with van der Waals surface area (Å²) in [5, 5.41) is 7.49. The second-order valence-corrected chi connectivity index (χ2v) is 14.8. The van der Waals surface area contributed by atoms with Gasteiger partial charge in [-0.1, -0.05) is 76.0 Å². The number of ether oxygens (including phenoxy) is 1. The van der Waals surface area contributed by atoms with Crippen LogP contribution in [0.15, 0.2) is 79.0 Å². The van der Waals surface area contributed by atoms with Crippen LogP contribution >= 0.6 is 0 Å². The fraction of sp³-hybridized carbons (Fsp3) is 0.304. The Morgan fingerprint density at radius 1 is 0.788 bits per heavy atom. The molecule has 268 valence electrons. The third kappa shape index (κ3) is 7.12. The van der Waals surface area contributed by atoms with Gasteiger partial charge in [-0.15, -0.1) is 41.3 Å². The molecule has 0 aliphatic carbocycles. The van der Waals surface area contributed by atoms with Crippen molar-refractivity contribution in [1.82, 2.24) is 19.3 Å². The Bertz CT molecular complexity index is 2370. The minimum Gasteiger partial charge on any atom is -0.509 e. The maximum Gasteiger partial charge on any atom is 2.00 e. The quantitative estimate of drug-likeness (QED) is 0.103. The molecule has 7 rings (SSSR count). The fourth-order valence-corrected chi connectivity index (χ4v) is 7.47. The van der Waals surface area contributed by atoms with Gasteiger partial charge in [0, 0.05) is 34.5 Å². The van der Waals surface area contributed by atoms with Crippen LogP contribution in [0.1, 0.15) is 86.2 Å². The van der Waals surface area contributed by atoms with Crippen molar-refractivity contribution in [2.24, 2.45) is 5.92 Å². The first-order valence-corrected chi connectivity index (χ1v) is 18.3. The van der Waals surface area contributed by atoms with E-state index in [1.54, 1.807) is 0 Å². The molecule has 0 atom stereocenters. The fourth-order valence-electron chi connectivity index (χ4n) is 7.47. The Hall–Kier alpha value is -4.50. The second kappa shape index (κ2) is 15.2. The molecule has 0 N–H and O–H groups in total. The van der Waals surface area contributed by atoms with Crippen LogP contribution in [0.25, 0.3) is 44.4 Å². The van der Waals surface area contributed by atoms with Crippen molar-refractivity contribution < 1.29 is 25.2 Å². The molecule has 52 heavy (non-hydrogen) atoms. The van der Waals surface area contributed by atoms with Gasteiger partial charge in [-0.25, -0.2) is 4.98 Å². The zero-order valence-corrected chi connectivity index (χ0v) is 33.3. The zero-order chi connectivity index (χ0) is 36.0. The van der Waals surface area contributed by atoms with E-state index in [2.05, 4.69) is 150 Å². The third-order valence-corrected chi connectivity index (χ3v) is 10.0. The molecular formula is C46H48N4OPd. The molecule has 0 aliphatic heterocycles. The summed E-state index contributed by atoms with van der Waals surface area (Å²) in [6.07, 6.45) is 4.81. The smallest absolute Gasteiger partial charge is 0.509 e. The molecule has 4 aromatic carbocycles. The molecule has 0 amide bonds. The van der Waals surface area contributed by atoms with Gasteiger partial charge in [0.1, 0.15) is 5.82 Å². The van der Waals surface area contributed by atoms with Crippen molar-refractivity contribution in [3.8, 4) is 34.1 Å². The van der Waals surface area contributed by atoms with Gasteiger partial charge in [-0.3, -0.25) is 4.68 Å². The summed E-state index contributed by atoms with van der Waals surface area (Å²) in [4.78, 5) is 4.79. The van der Waals surface area contributed by atoms with Gasteiger partial charge in [0.15, 0.2) is 0 Å². The van der Waals surface area contributed by atoms with E-state index in [-0.39, 0.29) is 26.3 Å². The molecule has 3 aromatic heterocycles. The molecule has 0 spiro atoms. The Morgan fingerprint density at radius 2 is 1.54 bits per heavy atom. The predicted molar refractivity (Wildman–Crippen MR) is 211 cm³/mol. The number of para-hydroxylation sites is 1. The van der Waals surface area contributed by atoms with Crippen LogP contribution in [0.2, 0.25) is 0 Å². The molecule has 0 saturated carbocycles. The van der Waals surface area contributed by atoms with Crippen molar-refractivity contribution in [3.63, 3.8) is 0 Å². The van der Waals surface area contributed by atoms with E-state index in [0.29, 0.717) is 17.4 Å². The van der Waals surface area contributed by atoms with Gasteiger partial charge in [0.05, 0.1) is 5.69 Å². The second-order valence-electron chi connectivity index (χ2n) is 14.8. The van der Waals surface area contributed by atoms with Crippen LogP contribution < -0.4 is 4.74 Å². The van der Waals surface area contributed by atoms with E-state index in [1.165, 1.54) is 44.6 Å². The summed E-state index contributed by atoms with van der Waals surface area (Å²) in [6, 6.07) is 33.0. The average Bonchev–Trinajstić information content (AvgIpc) is 3.60. The van der Waals surface area contributed by atoms with Crippen molar-refractivity contribution in [1.29, 1.82) is 0 Å². The number of pyridine rings is 1. The molecule has 0 fully saturated rings. The van der Waals surface area contributed by atoms with Crippen molar-refractivity contribution in [3.05, 3.63) is 130 Å². The van der Waals surface area contributed by atoms with Crippen LogP contribution in [-0.2, 0) is 33.3 Å². The number of fused-ring (bicyclic) bond motifs is 3. The molecule has 7 aromatic rings. The summed E-state index contributed by atoms with van der Waals surface area (Å²) < 4.78 is 11.0. The Morgan fingerprint density at radius 3 is 2.25 bits per heavy atom. The van der Waals surface area contributed by atoms with Crippen LogP contribution in [0.4, 0.5) is 0 Å². The monoisotopic (exact) mass is 778 g/mol. The largest absolute Gasteiger partial charge is 2.00 e. The van der Waals surface area contributed by atoms with Crippen LogP contribution in [-0.4, -0.2) is 19.3 Å². The summed E-state index contributed by atoms with van der Waals surface area (Å²) >= 11 is 0. The SMILES string of the molecule is CCc1ccnc(-n2c3[c-]c(Oc4[c-]c(-n5nc(C)c(-c6c(C)cc(C)cc6C)c5CCC(C)C)cc(C(C)C)c4)ccc3c3ccccc32)c1.[Pd+2]. The predicted octanol–water partition coefficient (Wildman–Crippen LogP) is 11.9. The summed E-state index contributed by atoms with van der Waals surface area (Å²) in [7, 11) is 0. The molecule has 0 aliphatic rings. The minimum absolute atomic E-state index is 0. The summed E-state index contributed by atoms with van der Waals surface area (Å²) in [5.74, 6) is 3.00. The maximum absolute atomic E-state index is 6.70. The van der Waals surface area contributed by atoms with Crippen molar-refractivity contribution >= 4 is 21.8 Å².